The van der Waals surface area contributed by atoms with Gasteiger partial charge in [-0.1, -0.05) is 17.8 Å². The molecule has 11 heteroatoms. The molecule has 0 fully saturated rings. The predicted molar refractivity (Wildman–Crippen MR) is 126 cm³/mol. The highest BCUT2D eigenvalue weighted by atomic mass is 32.2. The smallest absolute Gasteiger partial charge is 0.336 e. The van der Waals surface area contributed by atoms with Crippen molar-refractivity contribution in [1.29, 1.82) is 0 Å². The molecular formula is C22H20N4O5S2. The summed E-state index contributed by atoms with van der Waals surface area (Å²) in [6.45, 7) is 3.97. The van der Waals surface area contributed by atoms with Crippen molar-refractivity contribution in [2.24, 2.45) is 0 Å². The van der Waals surface area contributed by atoms with Gasteiger partial charge in [-0.25, -0.2) is 4.79 Å². The number of ether oxygens (including phenoxy) is 1. The molecule has 1 amide bonds. The topological polar surface area (TPSA) is 116 Å². The van der Waals surface area contributed by atoms with Gasteiger partial charge in [0, 0.05) is 42.2 Å². The van der Waals surface area contributed by atoms with E-state index in [1.165, 1.54) is 24.8 Å². The number of amides is 1. The fourth-order valence-electron chi connectivity index (χ4n) is 3.22. The molecule has 0 aliphatic rings. The van der Waals surface area contributed by atoms with Crippen molar-refractivity contribution < 1.29 is 18.7 Å². The van der Waals surface area contributed by atoms with Crippen LogP contribution in [0, 0.1) is 0 Å². The SMILES string of the molecule is CCn1c(SCC(=O)OCc2cc(=O)oc3cc(NC(C)=O)ccc23)nnc1-c1cccs1. The lowest BCUT2D eigenvalue weighted by atomic mass is 10.1. The molecule has 3 aromatic heterocycles. The summed E-state index contributed by atoms with van der Waals surface area (Å²) in [6, 6.07) is 10.2. The van der Waals surface area contributed by atoms with Crippen LogP contribution in [-0.4, -0.2) is 32.4 Å². The van der Waals surface area contributed by atoms with Crippen LogP contribution < -0.4 is 10.9 Å². The van der Waals surface area contributed by atoms with Crippen molar-refractivity contribution in [2.75, 3.05) is 11.1 Å². The minimum atomic E-state index is -0.569. The first-order chi connectivity index (χ1) is 15.9. The van der Waals surface area contributed by atoms with Crippen molar-refractivity contribution in [3.8, 4) is 10.7 Å². The zero-order chi connectivity index (χ0) is 23.4. The number of aromatic nitrogens is 3. The van der Waals surface area contributed by atoms with E-state index >= 15 is 0 Å². The zero-order valence-electron chi connectivity index (χ0n) is 17.9. The molecular weight excluding hydrogens is 464 g/mol. The van der Waals surface area contributed by atoms with Gasteiger partial charge in [0.25, 0.3) is 0 Å². The van der Waals surface area contributed by atoms with Crippen molar-refractivity contribution in [3.63, 3.8) is 0 Å². The van der Waals surface area contributed by atoms with E-state index in [-0.39, 0.29) is 18.3 Å². The zero-order valence-corrected chi connectivity index (χ0v) is 19.5. The van der Waals surface area contributed by atoms with Gasteiger partial charge in [0.05, 0.1) is 10.6 Å². The Balaban J connectivity index is 1.42. The number of carbonyl (C=O) groups excluding carboxylic acids is 2. The number of esters is 1. The van der Waals surface area contributed by atoms with Crippen LogP contribution in [-0.2, 0) is 27.5 Å². The van der Waals surface area contributed by atoms with Crippen LogP contribution in [0.2, 0.25) is 0 Å². The summed E-state index contributed by atoms with van der Waals surface area (Å²) < 4.78 is 12.6. The summed E-state index contributed by atoms with van der Waals surface area (Å²) in [6.07, 6.45) is 0. The second kappa shape index (κ2) is 10.0. The third-order valence-corrected chi connectivity index (χ3v) is 6.44. The monoisotopic (exact) mass is 484 g/mol. The molecule has 0 aliphatic carbocycles. The molecule has 0 bridgehead atoms. The number of anilines is 1. The van der Waals surface area contributed by atoms with Gasteiger partial charge >= 0.3 is 11.6 Å². The minimum Gasteiger partial charge on any atom is -0.460 e. The van der Waals surface area contributed by atoms with Crippen molar-refractivity contribution >= 4 is 51.6 Å². The molecule has 1 aromatic carbocycles. The van der Waals surface area contributed by atoms with Gasteiger partial charge in [-0.05, 0) is 30.5 Å². The molecule has 0 radical (unpaired) electrons. The largest absolute Gasteiger partial charge is 0.460 e. The third kappa shape index (κ3) is 5.32. The molecule has 0 spiro atoms. The Morgan fingerprint density at radius 1 is 1.24 bits per heavy atom. The van der Waals surface area contributed by atoms with Gasteiger partial charge in [-0.3, -0.25) is 9.59 Å². The lowest BCUT2D eigenvalue weighted by Crippen LogP contribution is -2.10. The van der Waals surface area contributed by atoms with E-state index in [9.17, 15) is 14.4 Å². The average Bonchev–Trinajstić information content (AvgIpc) is 3.44. The molecule has 0 atom stereocenters. The highest BCUT2D eigenvalue weighted by Gasteiger charge is 2.16. The fourth-order valence-corrected chi connectivity index (χ4v) is 4.74. The fraction of sp³-hybridized carbons (Fsp3) is 0.227. The summed E-state index contributed by atoms with van der Waals surface area (Å²) in [4.78, 5) is 36.6. The Kier molecular flexibility index (Phi) is 6.90. The summed E-state index contributed by atoms with van der Waals surface area (Å²) in [5, 5.41) is 14.3. The number of rotatable bonds is 8. The Morgan fingerprint density at radius 2 is 2.09 bits per heavy atom. The van der Waals surface area contributed by atoms with E-state index in [0.717, 1.165) is 10.7 Å². The number of thioether (sulfide) groups is 1. The number of nitrogens with zero attached hydrogens (tertiary/aromatic N) is 3. The van der Waals surface area contributed by atoms with Crippen LogP contribution in [0.3, 0.4) is 0 Å². The van der Waals surface area contributed by atoms with E-state index in [1.807, 2.05) is 29.0 Å². The standard InChI is InChI=1S/C22H20N4O5S2/c1-3-26-21(18-5-4-8-32-18)24-25-22(26)33-12-20(29)30-11-14-9-19(28)31-17-10-15(23-13(2)27)6-7-16(14)17/h4-10H,3,11-12H2,1-2H3,(H,23,27). The number of hydrogen-bond donors (Lipinski definition) is 1. The van der Waals surface area contributed by atoms with E-state index in [1.54, 1.807) is 29.5 Å². The maximum absolute atomic E-state index is 12.4. The van der Waals surface area contributed by atoms with Crippen molar-refractivity contribution in [3.05, 3.63) is 57.8 Å². The summed E-state index contributed by atoms with van der Waals surface area (Å²) in [5.41, 5.74) is 0.753. The Labute approximate surface area is 196 Å². The molecule has 0 aliphatic heterocycles. The van der Waals surface area contributed by atoms with E-state index in [2.05, 4.69) is 15.5 Å². The number of carbonyl (C=O) groups is 2. The van der Waals surface area contributed by atoms with Gasteiger partial charge in [-0.15, -0.1) is 21.5 Å². The molecule has 3 heterocycles. The number of thiophene rings is 1. The molecule has 0 saturated heterocycles. The first-order valence-electron chi connectivity index (χ1n) is 10.0. The van der Waals surface area contributed by atoms with Crippen LogP contribution in [0.25, 0.3) is 21.7 Å². The maximum Gasteiger partial charge on any atom is 0.336 e. The molecule has 4 rings (SSSR count). The van der Waals surface area contributed by atoms with Crippen LogP contribution in [0.5, 0.6) is 0 Å². The van der Waals surface area contributed by atoms with Gasteiger partial charge in [-0.2, -0.15) is 0 Å². The first kappa shape index (κ1) is 22.7. The van der Waals surface area contributed by atoms with E-state index < -0.39 is 11.6 Å². The summed E-state index contributed by atoms with van der Waals surface area (Å²) >= 11 is 2.82. The number of fused-ring (bicyclic) bond motifs is 1. The van der Waals surface area contributed by atoms with Crippen molar-refractivity contribution in [1.82, 2.24) is 14.8 Å². The van der Waals surface area contributed by atoms with Gasteiger partial charge in [0.1, 0.15) is 12.2 Å². The molecule has 1 N–H and O–H groups in total. The quantitative estimate of drug-likeness (QED) is 0.227. The molecule has 170 valence electrons. The lowest BCUT2D eigenvalue weighted by molar-refractivity contribution is -0.141. The molecule has 9 nitrogen and oxygen atoms in total. The number of benzene rings is 1. The van der Waals surface area contributed by atoms with Crippen LogP contribution in [0.4, 0.5) is 5.69 Å². The van der Waals surface area contributed by atoms with Crippen LogP contribution in [0.15, 0.2) is 56.1 Å². The second-order valence-electron chi connectivity index (χ2n) is 6.96. The Bertz CT molecular complexity index is 1360. The average molecular weight is 485 g/mol. The summed E-state index contributed by atoms with van der Waals surface area (Å²) in [7, 11) is 0. The minimum absolute atomic E-state index is 0.0502. The van der Waals surface area contributed by atoms with E-state index in [4.69, 9.17) is 9.15 Å². The van der Waals surface area contributed by atoms with Gasteiger partial charge in [0.2, 0.25) is 5.91 Å². The van der Waals surface area contributed by atoms with Crippen LogP contribution in [0.1, 0.15) is 19.4 Å². The lowest BCUT2D eigenvalue weighted by Gasteiger charge is -2.09. The number of nitrogens with one attached hydrogen (secondary N) is 1. The van der Waals surface area contributed by atoms with Gasteiger partial charge < -0.3 is 19.0 Å². The van der Waals surface area contributed by atoms with Gasteiger partial charge in [0.15, 0.2) is 11.0 Å². The Morgan fingerprint density at radius 3 is 2.82 bits per heavy atom. The third-order valence-electron chi connectivity index (χ3n) is 4.63. The normalized spacial score (nSPS) is 11.0. The maximum atomic E-state index is 12.4. The molecule has 0 unspecified atom stereocenters. The molecule has 4 aromatic rings. The first-order valence-corrected chi connectivity index (χ1v) is 11.9. The van der Waals surface area contributed by atoms with Crippen molar-refractivity contribution in [2.45, 2.75) is 32.2 Å². The van der Waals surface area contributed by atoms with Crippen LogP contribution >= 0.6 is 23.1 Å². The number of hydrogen-bond acceptors (Lipinski definition) is 9. The summed E-state index contributed by atoms with van der Waals surface area (Å²) in [5.74, 6) is 0.138. The highest BCUT2D eigenvalue weighted by molar-refractivity contribution is 7.99. The molecule has 33 heavy (non-hydrogen) atoms. The molecule has 0 saturated carbocycles. The Hall–Kier alpha value is -3.44. The highest BCUT2D eigenvalue weighted by Crippen LogP contribution is 2.27. The second-order valence-corrected chi connectivity index (χ2v) is 8.85. The predicted octanol–water partition coefficient (Wildman–Crippen LogP) is 3.93. The van der Waals surface area contributed by atoms with E-state index in [0.29, 0.717) is 33.9 Å².